The van der Waals surface area contributed by atoms with Gasteiger partial charge in [0.15, 0.2) is 0 Å². The van der Waals surface area contributed by atoms with E-state index in [2.05, 4.69) is 10.4 Å². The molecule has 1 aliphatic carbocycles. The van der Waals surface area contributed by atoms with Crippen molar-refractivity contribution in [1.29, 1.82) is 0 Å². The summed E-state index contributed by atoms with van der Waals surface area (Å²) >= 11 is 0. The molecule has 1 aliphatic heterocycles. The zero-order chi connectivity index (χ0) is 23.8. The number of benzene rings is 1. The molecule has 2 fully saturated rings. The third kappa shape index (κ3) is 5.33. The van der Waals surface area contributed by atoms with Gasteiger partial charge in [-0.05, 0) is 62.3 Å². The molecule has 12 heteroatoms. The Morgan fingerprint density at radius 2 is 1.94 bits per heavy atom. The Bertz CT molecular complexity index is 1080. The summed E-state index contributed by atoms with van der Waals surface area (Å²) < 4.78 is 85.1. The smallest absolute Gasteiger partial charge is 0.378 e. The highest BCUT2D eigenvalue weighted by atomic mass is 32.2. The van der Waals surface area contributed by atoms with E-state index in [1.54, 1.807) is 19.3 Å². The van der Waals surface area contributed by atoms with Crippen LogP contribution in [0.25, 0.3) is 10.9 Å². The summed E-state index contributed by atoms with van der Waals surface area (Å²) in [5.74, 6) is -0.486. The van der Waals surface area contributed by atoms with E-state index in [0.717, 1.165) is 36.6 Å². The largest absolute Gasteiger partial charge is 0.511 e. The molecule has 33 heavy (non-hydrogen) atoms. The average molecular weight is 493 g/mol. The molecule has 0 spiro atoms. The number of halogens is 4. The van der Waals surface area contributed by atoms with Crippen molar-refractivity contribution in [2.45, 2.75) is 55.7 Å². The van der Waals surface area contributed by atoms with Gasteiger partial charge < -0.3 is 10.1 Å². The lowest BCUT2D eigenvalue weighted by Gasteiger charge is -2.35. The highest BCUT2D eigenvalue weighted by molar-refractivity contribution is 7.90. The number of aryl methyl sites for hydroxylation is 1. The summed E-state index contributed by atoms with van der Waals surface area (Å²) in [4.78, 5) is 0. The van der Waals surface area contributed by atoms with Crippen LogP contribution in [0.1, 0.15) is 43.6 Å². The fourth-order valence-corrected chi connectivity index (χ4v) is 5.71. The third-order valence-corrected chi connectivity index (χ3v) is 7.94. The molecule has 1 saturated heterocycles. The van der Waals surface area contributed by atoms with Crippen LogP contribution in [0.15, 0.2) is 18.3 Å². The molecule has 1 saturated carbocycles. The van der Waals surface area contributed by atoms with Crippen LogP contribution < -0.4 is 10.0 Å². The molecule has 184 valence electrons. The number of nitrogens with zero attached hydrogens (tertiary/aromatic N) is 2. The van der Waals surface area contributed by atoms with Gasteiger partial charge in [-0.15, -0.1) is 0 Å². The van der Waals surface area contributed by atoms with Gasteiger partial charge in [-0.1, -0.05) is 0 Å². The van der Waals surface area contributed by atoms with Crippen LogP contribution in [0.3, 0.4) is 0 Å². The minimum absolute atomic E-state index is 0.0602. The molecule has 0 bridgehead atoms. The third-order valence-electron chi connectivity index (χ3n) is 6.72. The quantitative estimate of drug-likeness (QED) is 0.606. The first kappa shape index (κ1) is 24.4. The van der Waals surface area contributed by atoms with Gasteiger partial charge in [0.05, 0.1) is 18.9 Å². The Morgan fingerprint density at radius 1 is 1.21 bits per heavy atom. The maximum Gasteiger partial charge on any atom is 0.511 e. The van der Waals surface area contributed by atoms with E-state index in [0.29, 0.717) is 18.6 Å². The fourth-order valence-electron chi connectivity index (χ4n) is 4.87. The molecule has 2 aromatic rings. The summed E-state index contributed by atoms with van der Waals surface area (Å²) in [6.45, 7) is 0.985. The molecule has 0 unspecified atom stereocenters. The van der Waals surface area contributed by atoms with E-state index >= 15 is 0 Å². The van der Waals surface area contributed by atoms with Gasteiger partial charge in [0.25, 0.3) is 0 Å². The molecular weight excluding hydrogens is 464 g/mol. The molecule has 2 aliphatic rings. The number of nitrogens with one attached hydrogen (secondary N) is 2. The van der Waals surface area contributed by atoms with Crippen LogP contribution >= 0.6 is 0 Å². The van der Waals surface area contributed by atoms with Crippen molar-refractivity contribution in [3.63, 3.8) is 0 Å². The predicted molar refractivity (Wildman–Crippen MR) is 114 cm³/mol. The lowest BCUT2D eigenvalue weighted by Crippen LogP contribution is -2.53. The zero-order valence-corrected chi connectivity index (χ0v) is 19.1. The topological polar surface area (TPSA) is 85.2 Å². The van der Waals surface area contributed by atoms with E-state index in [1.165, 1.54) is 4.68 Å². The molecule has 7 nitrogen and oxygen atoms in total. The zero-order valence-electron chi connectivity index (χ0n) is 18.2. The van der Waals surface area contributed by atoms with Gasteiger partial charge in [0.1, 0.15) is 11.3 Å². The second-order valence-corrected chi connectivity index (χ2v) is 10.6. The van der Waals surface area contributed by atoms with Crippen molar-refractivity contribution in [2.24, 2.45) is 13.0 Å². The lowest BCUT2D eigenvalue weighted by atomic mass is 9.82. The summed E-state index contributed by atoms with van der Waals surface area (Å²) in [5, 5.41) is 7.97. The second-order valence-electron chi connectivity index (χ2n) is 8.94. The highest BCUT2D eigenvalue weighted by Crippen LogP contribution is 2.36. The van der Waals surface area contributed by atoms with Crippen LogP contribution in [-0.4, -0.2) is 55.5 Å². The molecule has 2 atom stereocenters. The Labute approximate surface area is 189 Å². The van der Waals surface area contributed by atoms with Gasteiger partial charge in [-0.3, -0.25) is 4.68 Å². The highest BCUT2D eigenvalue weighted by Gasteiger charge is 2.47. The van der Waals surface area contributed by atoms with Crippen molar-refractivity contribution in [3.8, 4) is 0 Å². The number of hydrogen-bond donors (Lipinski definition) is 2. The Kier molecular flexibility index (Phi) is 7.00. The van der Waals surface area contributed by atoms with Crippen molar-refractivity contribution < 1.29 is 30.7 Å². The average Bonchev–Trinajstić information content (AvgIpc) is 3.14. The lowest BCUT2D eigenvalue weighted by molar-refractivity contribution is -0.0461. The first-order valence-electron chi connectivity index (χ1n) is 11.1. The normalized spacial score (nSPS) is 27.2. The van der Waals surface area contributed by atoms with Crippen LogP contribution in [0.2, 0.25) is 0 Å². The number of rotatable bonds is 6. The molecule has 2 N–H and O–H groups in total. The van der Waals surface area contributed by atoms with Crippen LogP contribution in [0, 0.1) is 11.7 Å². The summed E-state index contributed by atoms with van der Waals surface area (Å²) in [6.07, 6.45) is 4.96. The Balaban J connectivity index is 1.31. The van der Waals surface area contributed by atoms with Gasteiger partial charge in [-0.25, -0.2) is 17.5 Å². The molecular formula is C21H28F4N4O3S. The number of piperidine rings is 1. The van der Waals surface area contributed by atoms with E-state index in [1.807, 2.05) is 10.8 Å². The van der Waals surface area contributed by atoms with E-state index < -0.39 is 27.5 Å². The molecule has 1 aromatic heterocycles. The molecule has 2 heterocycles. The number of alkyl halides is 3. The van der Waals surface area contributed by atoms with Crippen LogP contribution in [-0.2, 0) is 21.8 Å². The summed E-state index contributed by atoms with van der Waals surface area (Å²) in [6, 6.07) is 2.71. The van der Waals surface area contributed by atoms with Crippen molar-refractivity contribution >= 4 is 20.9 Å². The Morgan fingerprint density at radius 3 is 2.64 bits per heavy atom. The van der Waals surface area contributed by atoms with Crippen molar-refractivity contribution in [3.05, 3.63) is 29.7 Å². The molecule has 0 radical (unpaired) electrons. The van der Waals surface area contributed by atoms with Gasteiger partial charge in [0.2, 0.25) is 0 Å². The summed E-state index contributed by atoms with van der Waals surface area (Å²) in [7, 11) is -3.70. The standard InChI is InChI=1S/C21H28F4N4O3S/c1-29-20-15(11-27-29)8-14(9-18(20)22)13-2-4-17(5-3-13)32-12-16-10-26-7-6-19(16)28-33(30,31)21(23,24)25/h8-9,11,13,16-17,19,26,28H,2-7,10,12H2,1H3/t13?,16-,17?,19-/m0/s1. The first-order valence-corrected chi connectivity index (χ1v) is 12.6. The Hall–Kier alpha value is -1.76. The first-order chi connectivity index (χ1) is 15.5. The van der Waals surface area contributed by atoms with E-state index in [9.17, 15) is 26.0 Å². The van der Waals surface area contributed by atoms with E-state index in [-0.39, 0.29) is 30.9 Å². The van der Waals surface area contributed by atoms with Crippen LogP contribution in [0.4, 0.5) is 17.6 Å². The number of hydrogen-bond acceptors (Lipinski definition) is 5. The SMILES string of the molecule is Cn1ncc2cc(C3CCC(OC[C@@H]4CNCC[C@@H]4NS(=O)(=O)C(F)(F)F)CC3)cc(F)c21. The fraction of sp³-hybridized carbons (Fsp3) is 0.667. The maximum absolute atomic E-state index is 14.5. The number of sulfonamides is 1. The molecule has 4 rings (SSSR count). The maximum atomic E-state index is 14.5. The number of fused-ring (bicyclic) bond motifs is 1. The minimum atomic E-state index is -5.40. The monoisotopic (exact) mass is 492 g/mol. The second kappa shape index (κ2) is 9.47. The van der Waals surface area contributed by atoms with Gasteiger partial charge in [0, 0.05) is 30.9 Å². The van der Waals surface area contributed by atoms with Crippen LogP contribution in [0.5, 0.6) is 0 Å². The molecule has 0 amide bonds. The van der Waals surface area contributed by atoms with E-state index in [4.69, 9.17) is 4.74 Å². The van der Waals surface area contributed by atoms with Crippen molar-refractivity contribution in [1.82, 2.24) is 19.8 Å². The van der Waals surface area contributed by atoms with Crippen molar-refractivity contribution in [2.75, 3.05) is 19.7 Å². The number of aromatic nitrogens is 2. The minimum Gasteiger partial charge on any atom is -0.378 e. The molecule has 1 aromatic carbocycles. The predicted octanol–water partition coefficient (Wildman–Crippen LogP) is 3.17. The number of ether oxygens (including phenoxy) is 1. The summed E-state index contributed by atoms with van der Waals surface area (Å²) in [5.41, 5.74) is -3.92. The van der Waals surface area contributed by atoms with Gasteiger partial charge in [-0.2, -0.15) is 18.3 Å². The van der Waals surface area contributed by atoms with Gasteiger partial charge >= 0.3 is 15.5 Å².